The Labute approximate surface area is 121 Å². The molecular weight excluding hydrogens is 252 g/mol. The summed E-state index contributed by atoms with van der Waals surface area (Å²) >= 11 is 0. The first-order valence-electron chi connectivity index (χ1n) is 6.96. The van der Waals surface area contributed by atoms with Gasteiger partial charge in [0.1, 0.15) is 5.75 Å². The van der Waals surface area contributed by atoms with Crippen molar-refractivity contribution < 1.29 is 9.53 Å². The summed E-state index contributed by atoms with van der Waals surface area (Å²) in [7, 11) is 1.61. The Hall–Kier alpha value is -1.55. The highest BCUT2D eigenvalue weighted by molar-refractivity contribution is 5.80. The fraction of sp³-hybridized carbons (Fsp3) is 0.562. The third kappa shape index (κ3) is 5.21. The molecule has 0 aliphatic heterocycles. The summed E-state index contributed by atoms with van der Waals surface area (Å²) < 4.78 is 5.77. The van der Waals surface area contributed by atoms with E-state index >= 15 is 0 Å². The van der Waals surface area contributed by atoms with E-state index in [0.717, 1.165) is 11.3 Å². The number of ether oxygens (including phenoxy) is 1. The molecule has 1 aromatic carbocycles. The lowest BCUT2D eigenvalue weighted by Gasteiger charge is -2.23. The Morgan fingerprint density at radius 2 is 2.00 bits per heavy atom. The molecule has 1 amide bonds. The van der Waals surface area contributed by atoms with Gasteiger partial charge in [0, 0.05) is 24.7 Å². The highest BCUT2D eigenvalue weighted by Crippen LogP contribution is 2.22. The van der Waals surface area contributed by atoms with Crippen LogP contribution in [-0.2, 0) is 11.3 Å². The zero-order valence-electron chi connectivity index (χ0n) is 13.3. The summed E-state index contributed by atoms with van der Waals surface area (Å²) in [5.74, 6) is 0.628. The first-order chi connectivity index (χ1) is 9.23. The number of nitrogens with one attached hydrogen (secondary N) is 2. The number of hydrogen-bond donors (Lipinski definition) is 2. The Morgan fingerprint density at radius 1 is 1.35 bits per heavy atom. The van der Waals surface area contributed by atoms with Gasteiger partial charge in [0.2, 0.25) is 0 Å². The summed E-state index contributed by atoms with van der Waals surface area (Å²) in [5, 5.41) is 6.03. The van der Waals surface area contributed by atoms with Crippen molar-refractivity contribution >= 4 is 5.91 Å². The van der Waals surface area contributed by atoms with Crippen LogP contribution in [0.4, 0.5) is 0 Å². The summed E-state index contributed by atoms with van der Waals surface area (Å²) in [6.45, 7) is 10.9. The molecule has 0 bridgehead atoms. The lowest BCUT2D eigenvalue weighted by Crippen LogP contribution is -2.36. The van der Waals surface area contributed by atoms with Crippen molar-refractivity contribution in [1.29, 1.82) is 0 Å². The van der Waals surface area contributed by atoms with Gasteiger partial charge in [-0.05, 0) is 40.7 Å². The maximum Gasteiger partial charge on any atom is 0.260 e. The van der Waals surface area contributed by atoms with Gasteiger partial charge in [-0.25, -0.2) is 0 Å². The predicted octanol–water partition coefficient (Wildman–Crippen LogP) is 2.40. The van der Waals surface area contributed by atoms with E-state index in [2.05, 4.69) is 37.5 Å². The topological polar surface area (TPSA) is 50.4 Å². The molecule has 0 aliphatic carbocycles. The lowest BCUT2D eigenvalue weighted by atomic mass is 10.1. The van der Waals surface area contributed by atoms with Crippen LogP contribution >= 0.6 is 0 Å². The number of hydrogen-bond acceptors (Lipinski definition) is 3. The zero-order chi connectivity index (χ0) is 15.3. The van der Waals surface area contributed by atoms with Crippen molar-refractivity contribution in [3.8, 4) is 5.75 Å². The molecule has 4 nitrogen and oxygen atoms in total. The lowest BCUT2D eigenvalue weighted by molar-refractivity contribution is -0.126. The summed E-state index contributed by atoms with van der Waals surface area (Å²) in [4.78, 5) is 11.6. The number of likely N-dealkylation sites (N-methyl/N-ethyl adjacent to an activating group) is 1. The van der Waals surface area contributed by atoms with E-state index in [4.69, 9.17) is 4.74 Å². The van der Waals surface area contributed by atoms with Gasteiger partial charge < -0.3 is 15.4 Å². The molecule has 112 valence electrons. The molecule has 0 spiro atoms. The minimum absolute atomic E-state index is 0.0351. The Kier molecular flexibility index (Phi) is 5.57. The second-order valence-corrected chi connectivity index (χ2v) is 6.09. The van der Waals surface area contributed by atoms with Gasteiger partial charge in [0.05, 0.1) is 0 Å². The molecule has 20 heavy (non-hydrogen) atoms. The molecule has 1 atom stereocenters. The van der Waals surface area contributed by atoms with Crippen LogP contribution in [0.2, 0.25) is 0 Å². The molecule has 1 rings (SSSR count). The fourth-order valence-corrected chi connectivity index (χ4v) is 1.77. The van der Waals surface area contributed by atoms with E-state index in [1.165, 1.54) is 5.56 Å². The number of carbonyl (C=O) groups is 1. The third-order valence-corrected chi connectivity index (χ3v) is 2.94. The van der Waals surface area contributed by atoms with E-state index in [9.17, 15) is 4.79 Å². The number of carbonyl (C=O) groups excluding carboxylic acids is 1. The van der Waals surface area contributed by atoms with Gasteiger partial charge in [-0.2, -0.15) is 0 Å². The Morgan fingerprint density at radius 3 is 2.55 bits per heavy atom. The smallest absolute Gasteiger partial charge is 0.260 e. The Balaban J connectivity index is 2.87. The van der Waals surface area contributed by atoms with Crippen molar-refractivity contribution in [2.24, 2.45) is 0 Å². The Bertz CT molecular complexity index is 464. The number of benzene rings is 1. The highest BCUT2D eigenvalue weighted by atomic mass is 16.5. The van der Waals surface area contributed by atoms with Gasteiger partial charge in [0.15, 0.2) is 6.10 Å². The monoisotopic (exact) mass is 278 g/mol. The van der Waals surface area contributed by atoms with Gasteiger partial charge in [-0.15, -0.1) is 0 Å². The molecule has 0 aromatic heterocycles. The molecule has 0 fully saturated rings. The summed E-state index contributed by atoms with van der Waals surface area (Å²) in [6, 6.07) is 6.01. The number of rotatable bonds is 5. The van der Waals surface area contributed by atoms with E-state index in [0.29, 0.717) is 6.54 Å². The van der Waals surface area contributed by atoms with Crippen molar-refractivity contribution in [2.45, 2.75) is 52.8 Å². The SMILES string of the molecule is CNC(=O)C(C)Oc1ccc(C)cc1CNC(C)(C)C. The van der Waals surface area contributed by atoms with Crippen molar-refractivity contribution in [3.63, 3.8) is 0 Å². The molecule has 0 heterocycles. The second-order valence-electron chi connectivity index (χ2n) is 6.09. The number of amides is 1. The molecule has 1 aromatic rings. The van der Waals surface area contributed by atoms with Crippen LogP contribution in [0.3, 0.4) is 0 Å². The van der Waals surface area contributed by atoms with Gasteiger partial charge >= 0.3 is 0 Å². The standard InChI is InChI=1S/C16H26N2O2/c1-11-7-8-14(20-12(2)15(19)17-6)13(9-11)10-18-16(3,4)5/h7-9,12,18H,10H2,1-6H3,(H,17,19). The van der Waals surface area contributed by atoms with E-state index in [1.54, 1.807) is 14.0 Å². The molecule has 1 unspecified atom stereocenters. The van der Waals surface area contributed by atoms with E-state index in [1.807, 2.05) is 19.1 Å². The molecule has 4 heteroatoms. The predicted molar refractivity (Wildman–Crippen MR) is 81.9 cm³/mol. The quantitative estimate of drug-likeness (QED) is 0.869. The molecule has 2 N–H and O–H groups in total. The van der Waals surface area contributed by atoms with Crippen molar-refractivity contribution in [2.75, 3.05) is 7.05 Å². The average molecular weight is 278 g/mol. The fourth-order valence-electron chi connectivity index (χ4n) is 1.77. The molecular formula is C16H26N2O2. The molecule has 0 saturated heterocycles. The van der Waals surface area contributed by atoms with Crippen LogP contribution in [0.15, 0.2) is 18.2 Å². The van der Waals surface area contributed by atoms with Crippen LogP contribution in [0.5, 0.6) is 5.75 Å². The normalized spacial score (nSPS) is 12.9. The van der Waals surface area contributed by atoms with Crippen LogP contribution in [0, 0.1) is 6.92 Å². The third-order valence-electron chi connectivity index (χ3n) is 2.94. The second kappa shape index (κ2) is 6.75. The van der Waals surface area contributed by atoms with Crippen molar-refractivity contribution in [3.05, 3.63) is 29.3 Å². The van der Waals surface area contributed by atoms with Crippen LogP contribution in [0.25, 0.3) is 0 Å². The molecule has 0 saturated carbocycles. The summed E-state index contributed by atoms with van der Waals surface area (Å²) in [5.41, 5.74) is 2.28. The van der Waals surface area contributed by atoms with Crippen molar-refractivity contribution in [1.82, 2.24) is 10.6 Å². The van der Waals surface area contributed by atoms with E-state index in [-0.39, 0.29) is 11.4 Å². The minimum Gasteiger partial charge on any atom is -0.481 e. The maximum atomic E-state index is 11.6. The van der Waals surface area contributed by atoms with Gasteiger partial charge in [-0.3, -0.25) is 4.79 Å². The zero-order valence-corrected chi connectivity index (χ0v) is 13.3. The van der Waals surface area contributed by atoms with Gasteiger partial charge in [0.25, 0.3) is 5.91 Å². The summed E-state index contributed by atoms with van der Waals surface area (Å²) in [6.07, 6.45) is -0.504. The molecule has 0 aliphatic rings. The average Bonchev–Trinajstić information content (AvgIpc) is 2.36. The molecule has 0 radical (unpaired) electrons. The van der Waals surface area contributed by atoms with Crippen LogP contribution in [0.1, 0.15) is 38.8 Å². The van der Waals surface area contributed by atoms with Crippen LogP contribution in [-0.4, -0.2) is 24.6 Å². The van der Waals surface area contributed by atoms with E-state index < -0.39 is 6.10 Å². The minimum atomic E-state index is -0.504. The maximum absolute atomic E-state index is 11.6. The van der Waals surface area contributed by atoms with Crippen LogP contribution < -0.4 is 15.4 Å². The number of aryl methyl sites for hydroxylation is 1. The van der Waals surface area contributed by atoms with Gasteiger partial charge in [-0.1, -0.05) is 17.7 Å². The highest BCUT2D eigenvalue weighted by Gasteiger charge is 2.16. The largest absolute Gasteiger partial charge is 0.481 e. The first kappa shape index (κ1) is 16.5. The first-order valence-corrected chi connectivity index (χ1v) is 6.96.